The fourth-order valence-electron chi connectivity index (χ4n) is 0.510. The van der Waals surface area contributed by atoms with Gasteiger partial charge in [0.15, 0.2) is 5.05 Å². The Morgan fingerprint density at radius 3 is 2.50 bits per heavy atom. The summed E-state index contributed by atoms with van der Waals surface area (Å²) in [7, 11) is 0. The molecule has 0 fully saturated rings. The molecule has 0 spiro atoms. The van der Waals surface area contributed by atoms with Gasteiger partial charge in [-0.3, -0.25) is 4.79 Å². The predicted octanol–water partition coefficient (Wildman–Crippen LogP) is 1.37. The first-order valence-corrected chi connectivity index (χ1v) is 4.54. The molecule has 0 radical (unpaired) electrons. The maximum absolute atomic E-state index is 10.8. The number of hydrogen-bond acceptors (Lipinski definition) is 4. The van der Waals surface area contributed by atoms with Crippen molar-refractivity contribution in [2.45, 2.75) is 13.8 Å². The van der Waals surface area contributed by atoms with Gasteiger partial charge in [0.1, 0.15) is 5.41 Å². The minimum Gasteiger partial charge on any atom is -0.486 e. The summed E-state index contributed by atoms with van der Waals surface area (Å²) < 4.78 is 4.96. The number of hydrogen-bond donors (Lipinski definition) is 2. The molecule has 1 atom stereocenters. The molecule has 0 aromatic heterocycles. The Bertz CT molecular complexity index is 193. The highest BCUT2D eigenvalue weighted by molar-refractivity contribution is 7.81. The molecular weight excluding hydrogens is 196 g/mol. The van der Waals surface area contributed by atoms with E-state index >= 15 is 0 Å². The summed E-state index contributed by atoms with van der Waals surface area (Å²) in [6, 6.07) is 0. The quantitative estimate of drug-likeness (QED) is 0.541. The minimum absolute atomic E-state index is 0.0903. The summed E-state index contributed by atoms with van der Waals surface area (Å²) in [6.07, 6.45) is 0. The second kappa shape index (κ2) is 4.67. The molecule has 0 aliphatic carbocycles. The van der Waals surface area contributed by atoms with Gasteiger partial charge in [-0.25, -0.2) is 0 Å². The summed E-state index contributed by atoms with van der Waals surface area (Å²) in [6.45, 7) is 3.64. The molecule has 0 bridgehead atoms. The molecule has 5 heteroatoms. The van der Waals surface area contributed by atoms with Crippen molar-refractivity contribution < 1.29 is 14.6 Å². The Balaban J connectivity index is 4.52. The van der Waals surface area contributed by atoms with Gasteiger partial charge in [-0.2, -0.15) is 12.6 Å². The maximum atomic E-state index is 10.8. The second-order valence-corrected chi connectivity index (χ2v) is 3.20. The Kier molecular flexibility index (Phi) is 4.55. The lowest BCUT2D eigenvalue weighted by molar-refractivity contribution is -0.143. The van der Waals surface area contributed by atoms with Gasteiger partial charge in [0.05, 0.1) is 6.61 Å². The Morgan fingerprint density at radius 1 is 1.75 bits per heavy atom. The molecule has 70 valence electrons. The van der Waals surface area contributed by atoms with Crippen molar-refractivity contribution in [1.29, 1.82) is 0 Å². The lowest BCUT2D eigenvalue weighted by Crippen LogP contribution is -2.38. The fraction of sp³-hybridized carbons (Fsp3) is 0.714. The lowest BCUT2D eigenvalue weighted by atomic mass is 9.95. The van der Waals surface area contributed by atoms with Gasteiger partial charge >= 0.3 is 5.97 Å². The number of aliphatic carboxylic acids is 1. The van der Waals surface area contributed by atoms with E-state index in [1.807, 2.05) is 0 Å². The molecule has 1 N–H and O–H groups in total. The van der Waals surface area contributed by atoms with E-state index in [2.05, 4.69) is 12.6 Å². The molecule has 0 rings (SSSR count). The summed E-state index contributed by atoms with van der Waals surface area (Å²) in [5, 5.41) is 8.90. The number of carboxylic acid groups (broad SMARTS) is 1. The SMILES string of the molecule is CCOC(=S)C(C)(CS)C(=O)O. The predicted molar refractivity (Wildman–Crippen MR) is 53.8 cm³/mol. The number of ether oxygens (including phenoxy) is 1. The topological polar surface area (TPSA) is 46.5 Å². The van der Waals surface area contributed by atoms with Crippen LogP contribution in [0.5, 0.6) is 0 Å². The molecule has 12 heavy (non-hydrogen) atoms. The van der Waals surface area contributed by atoms with E-state index in [0.717, 1.165) is 0 Å². The zero-order chi connectivity index (χ0) is 9.78. The number of thiocarbonyl (C=S) groups is 1. The van der Waals surface area contributed by atoms with Crippen LogP contribution in [0.3, 0.4) is 0 Å². The monoisotopic (exact) mass is 208 g/mol. The third kappa shape index (κ3) is 2.35. The van der Waals surface area contributed by atoms with Gasteiger partial charge in [-0.05, 0) is 26.1 Å². The standard InChI is InChI=1S/C7H12O3S2/c1-3-10-6(12)7(2,4-11)5(8)9/h11H,3-4H2,1-2H3,(H,8,9). The Labute approximate surface area is 82.5 Å². The average molecular weight is 208 g/mol. The van der Waals surface area contributed by atoms with Crippen LogP contribution in [0.25, 0.3) is 0 Å². The molecule has 0 aromatic carbocycles. The van der Waals surface area contributed by atoms with Crippen molar-refractivity contribution >= 4 is 35.9 Å². The van der Waals surface area contributed by atoms with Crippen LogP contribution >= 0.6 is 24.8 Å². The Hall–Kier alpha value is -0.290. The van der Waals surface area contributed by atoms with Gasteiger partial charge in [0.2, 0.25) is 0 Å². The molecule has 0 heterocycles. The number of rotatable bonds is 4. The largest absolute Gasteiger partial charge is 0.486 e. The zero-order valence-corrected chi connectivity index (χ0v) is 8.74. The third-order valence-electron chi connectivity index (χ3n) is 1.51. The summed E-state index contributed by atoms with van der Waals surface area (Å²) in [4.78, 5) is 10.8. The van der Waals surface area contributed by atoms with Gasteiger partial charge in [0.25, 0.3) is 0 Å². The molecule has 3 nitrogen and oxygen atoms in total. The van der Waals surface area contributed by atoms with E-state index in [1.165, 1.54) is 6.92 Å². The van der Waals surface area contributed by atoms with E-state index in [1.54, 1.807) is 6.92 Å². The van der Waals surface area contributed by atoms with Crippen molar-refractivity contribution in [3.8, 4) is 0 Å². The van der Waals surface area contributed by atoms with E-state index < -0.39 is 11.4 Å². The average Bonchev–Trinajstić information content (AvgIpc) is 2.03. The molecule has 0 aromatic rings. The van der Waals surface area contributed by atoms with Crippen molar-refractivity contribution in [2.75, 3.05) is 12.4 Å². The highest BCUT2D eigenvalue weighted by Gasteiger charge is 2.38. The van der Waals surface area contributed by atoms with E-state index in [0.29, 0.717) is 6.61 Å². The van der Waals surface area contributed by atoms with Crippen LogP contribution in [0.2, 0.25) is 0 Å². The molecular formula is C7H12O3S2. The fourth-order valence-corrected chi connectivity index (χ4v) is 1.17. The molecule has 0 amide bonds. The first kappa shape index (κ1) is 11.7. The van der Waals surface area contributed by atoms with E-state index in [4.69, 9.17) is 22.1 Å². The minimum atomic E-state index is -1.16. The van der Waals surface area contributed by atoms with Crippen LogP contribution in [-0.2, 0) is 9.53 Å². The highest BCUT2D eigenvalue weighted by atomic mass is 32.1. The van der Waals surface area contributed by atoms with Gasteiger partial charge < -0.3 is 9.84 Å². The summed E-state index contributed by atoms with van der Waals surface area (Å²) in [5.41, 5.74) is -1.16. The van der Waals surface area contributed by atoms with Crippen molar-refractivity contribution in [3.05, 3.63) is 0 Å². The third-order valence-corrected chi connectivity index (χ3v) is 2.72. The van der Waals surface area contributed by atoms with Crippen molar-refractivity contribution in [1.82, 2.24) is 0 Å². The van der Waals surface area contributed by atoms with Gasteiger partial charge in [-0.15, -0.1) is 0 Å². The zero-order valence-electron chi connectivity index (χ0n) is 7.03. The van der Waals surface area contributed by atoms with Gasteiger partial charge in [-0.1, -0.05) is 0 Å². The summed E-state index contributed by atoms with van der Waals surface area (Å²) >= 11 is 8.74. The van der Waals surface area contributed by atoms with E-state index in [9.17, 15) is 4.79 Å². The second-order valence-electron chi connectivity index (χ2n) is 2.52. The van der Waals surface area contributed by atoms with Crippen LogP contribution < -0.4 is 0 Å². The van der Waals surface area contributed by atoms with Crippen LogP contribution in [0.15, 0.2) is 0 Å². The highest BCUT2D eigenvalue weighted by Crippen LogP contribution is 2.21. The number of thiol groups is 1. The Morgan fingerprint density at radius 2 is 2.25 bits per heavy atom. The molecule has 0 aliphatic rings. The van der Waals surface area contributed by atoms with E-state index in [-0.39, 0.29) is 10.8 Å². The van der Waals surface area contributed by atoms with Crippen LogP contribution in [0.1, 0.15) is 13.8 Å². The normalized spacial score (nSPS) is 14.9. The molecule has 0 saturated carbocycles. The first-order valence-electron chi connectivity index (χ1n) is 3.50. The van der Waals surface area contributed by atoms with Crippen LogP contribution in [-0.4, -0.2) is 28.5 Å². The van der Waals surface area contributed by atoms with Crippen molar-refractivity contribution in [3.63, 3.8) is 0 Å². The van der Waals surface area contributed by atoms with Crippen LogP contribution in [0.4, 0.5) is 0 Å². The van der Waals surface area contributed by atoms with Crippen molar-refractivity contribution in [2.24, 2.45) is 5.41 Å². The van der Waals surface area contributed by atoms with Crippen LogP contribution in [0, 0.1) is 5.41 Å². The maximum Gasteiger partial charge on any atom is 0.318 e. The summed E-state index contributed by atoms with van der Waals surface area (Å²) in [5.74, 6) is -0.864. The first-order chi connectivity index (χ1) is 5.49. The lowest BCUT2D eigenvalue weighted by Gasteiger charge is -2.22. The number of carbonyl (C=O) groups is 1. The molecule has 0 aliphatic heterocycles. The number of carboxylic acids is 1. The smallest absolute Gasteiger partial charge is 0.318 e. The molecule has 0 saturated heterocycles. The van der Waals surface area contributed by atoms with Gasteiger partial charge in [0, 0.05) is 5.75 Å². The molecule has 1 unspecified atom stereocenters.